The first kappa shape index (κ1) is 15.4. The molecule has 0 bridgehead atoms. The highest BCUT2D eigenvalue weighted by atomic mass is 19.4. The Labute approximate surface area is 120 Å². The molecule has 0 spiro atoms. The van der Waals surface area contributed by atoms with Crippen LogP contribution in [0.15, 0.2) is 18.3 Å². The lowest BCUT2D eigenvalue weighted by atomic mass is 10.1. The Morgan fingerprint density at radius 2 is 2.24 bits per heavy atom. The maximum Gasteiger partial charge on any atom is 0.573 e. The zero-order chi connectivity index (χ0) is 15.5. The van der Waals surface area contributed by atoms with Gasteiger partial charge in [0, 0.05) is 26.1 Å². The number of nitrogens with zero attached hydrogens (tertiary/aromatic N) is 2. The van der Waals surface area contributed by atoms with E-state index in [-0.39, 0.29) is 17.7 Å². The maximum absolute atomic E-state index is 12.1. The van der Waals surface area contributed by atoms with E-state index in [1.54, 1.807) is 0 Å². The molecule has 1 N–H and O–H groups in total. The van der Waals surface area contributed by atoms with Crippen LogP contribution >= 0.6 is 0 Å². The van der Waals surface area contributed by atoms with Crippen molar-refractivity contribution in [3.63, 3.8) is 0 Å². The average molecular weight is 303 g/mol. The third-order valence-electron chi connectivity index (χ3n) is 3.11. The summed E-state index contributed by atoms with van der Waals surface area (Å²) in [5, 5.41) is 2.84. The van der Waals surface area contributed by atoms with Gasteiger partial charge in [-0.1, -0.05) is 0 Å². The molecule has 0 radical (unpaired) electrons. The molecule has 1 amide bonds. The van der Waals surface area contributed by atoms with Crippen molar-refractivity contribution >= 4 is 11.7 Å². The Bertz CT molecular complexity index is 490. The van der Waals surface area contributed by atoms with Gasteiger partial charge in [-0.3, -0.25) is 4.79 Å². The summed E-state index contributed by atoms with van der Waals surface area (Å²) in [4.78, 5) is 17.0. The molecule has 8 heteroatoms. The highest BCUT2D eigenvalue weighted by Crippen LogP contribution is 2.24. The van der Waals surface area contributed by atoms with Crippen molar-refractivity contribution in [3.8, 4) is 5.75 Å². The molecule has 21 heavy (non-hydrogen) atoms. The van der Waals surface area contributed by atoms with E-state index in [1.165, 1.54) is 19.1 Å². The number of anilines is 1. The number of hydrogen-bond donors (Lipinski definition) is 1. The van der Waals surface area contributed by atoms with Crippen molar-refractivity contribution in [3.05, 3.63) is 18.3 Å². The summed E-state index contributed by atoms with van der Waals surface area (Å²) in [6.45, 7) is 2.80. The van der Waals surface area contributed by atoms with Crippen LogP contribution in [0.4, 0.5) is 19.0 Å². The van der Waals surface area contributed by atoms with Crippen molar-refractivity contribution in [2.75, 3.05) is 18.0 Å². The fourth-order valence-electron chi connectivity index (χ4n) is 2.34. The molecule has 0 saturated carbocycles. The van der Waals surface area contributed by atoms with Gasteiger partial charge in [0.05, 0.1) is 6.20 Å². The smallest absolute Gasteiger partial charge is 0.404 e. The molecule has 2 heterocycles. The van der Waals surface area contributed by atoms with E-state index >= 15 is 0 Å². The molecule has 0 aromatic carbocycles. The number of ether oxygens (including phenoxy) is 1. The molecule has 1 aliphatic rings. The SMILES string of the molecule is CC(=O)NC1CCCN(c2ccc(OC(F)(F)F)cn2)C1. The minimum absolute atomic E-state index is 0.0316. The van der Waals surface area contributed by atoms with Gasteiger partial charge in [0.25, 0.3) is 0 Å². The molecule has 1 aromatic heterocycles. The van der Waals surface area contributed by atoms with E-state index < -0.39 is 6.36 Å². The maximum atomic E-state index is 12.1. The van der Waals surface area contributed by atoms with Crippen LogP contribution in [-0.2, 0) is 4.79 Å². The topological polar surface area (TPSA) is 54.5 Å². The lowest BCUT2D eigenvalue weighted by Gasteiger charge is -2.33. The number of amides is 1. The fourth-order valence-corrected chi connectivity index (χ4v) is 2.34. The van der Waals surface area contributed by atoms with Gasteiger partial charge in [-0.15, -0.1) is 13.2 Å². The summed E-state index contributed by atoms with van der Waals surface area (Å²) in [6, 6.07) is 2.75. The van der Waals surface area contributed by atoms with Crippen LogP contribution in [0.1, 0.15) is 19.8 Å². The van der Waals surface area contributed by atoms with E-state index in [2.05, 4.69) is 15.0 Å². The van der Waals surface area contributed by atoms with E-state index in [9.17, 15) is 18.0 Å². The zero-order valence-corrected chi connectivity index (χ0v) is 11.5. The molecule has 1 aliphatic heterocycles. The van der Waals surface area contributed by atoms with Crippen molar-refractivity contribution in [1.29, 1.82) is 0 Å². The Kier molecular flexibility index (Phi) is 4.54. The molecule has 116 valence electrons. The number of carbonyl (C=O) groups is 1. The monoisotopic (exact) mass is 303 g/mol. The summed E-state index contributed by atoms with van der Waals surface area (Å²) in [5.41, 5.74) is 0. The quantitative estimate of drug-likeness (QED) is 0.929. The third-order valence-corrected chi connectivity index (χ3v) is 3.11. The fraction of sp³-hybridized carbons (Fsp3) is 0.538. The summed E-state index contributed by atoms with van der Waals surface area (Å²) >= 11 is 0. The second kappa shape index (κ2) is 6.19. The largest absolute Gasteiger partial charge is 0.573 e. The van der Waals surface area contributed by atoms with Crippen LogP contribution < -0.4 is 15.0 Å². The number of carbonyl (C=O) groups excluding carboxylic acids is 1. The Balaban J connectivity index is 1.99. The zero-order valence-electron chi connectivity index (χ0n) is 11.5. The first-order valence-electron chi connectivity index (χ1n) is 6.57. The van der Waals surface area contributed by atoms with Gasteiger partial charge < -0.3 is 15.0 Å². The number of nitrogens with one attached hydrogen (secondary N) is 1. The first-order valence-corrected chi connectivity index (χ1v) is 6.57. The van der Waals surface area contributed by atoms with Gasteiger partial charge in [0.2, 0.25) is 5.91 Å². The molecular formula is C13H16F3N3O2. The summed E-state index contributed by atoms with van der Waals surface area (Å²) in [5.74, 6) is 0.130. The number of alkyl halides is 3. The number of rotatable bonds is 3. The first-order chi connectivity index (χ1) is 9.83. The third kappa shape index (κ3) is 4.80. The summed E-state index contributed by atoms with van der Waals surface area (Å²) in [7, 11) is 0. The molecule has 1 unspecified atom stereocenters. The van der Waals surface area contributed by atoms with Gasteiger partial charge in [-0.05, 0) is 25.0 Å². The Morgan fingerprint density at radius 1 is 1.48 bits per heavy atom. The van der Waals surface area contributed by atoms with E-state index in [0.29, 0.717) is 12.4 Å². The lowest BCUT2D eigenvalue weighted by Crippen LogP contribution is -2.47. The number of aromatic nitrogens is 1. The number of pyridine rings is 1. The van der Waals surface area contributed by atoms with Crippen LogP contribution in [0.3, 0.4) is 0 Å². The summed E-state index contributed by atoms with van der Waals surface area (Å²) < 4.78 is 40.0. The van der Waals surface area contributed by atoms with E-state index in [0.717, 1.165) is 25.6 Å². The van der Waals surface area contributed by atoms with Gasteiger partial charge in [0.15, 0.2) is 0 Å². The minimum atomic E-state index is -4.72. The normalized spacial score (nSPS) is 19.2. The average Bonchev–Trinajstić information content (AvgIpc) is 2.37. The predicted octanol–water partition coefficient (Wildman–Crippen LogP) is 2.09. The number of piperidine rings is 1. The lowest BCUT2D eigenvalue weighted by molar-refractivity contribution is -0.274. The van der Waals surface area contributed by atoms with Gasteiger partial charge in [-0.25, -0.2) is 4.98 Å². The highest BCUT2D eigenvalue weighted by molar-refractivity contribution is 5.73. The number of halogens is 3. The molecule has 5 nitrogen and oxygen atoms in total. The summed E-state index contributed by atoms with van der Waals surface area (Å²) in [6.07, 6.45) is -1.91. The van der Waals surface area contributed by atoms with Crippen LogP contribution in [0.5, 0.6) is 5.75 Å². The molecule has 1 atom stereocenters. The van der Waals surface area contributed by atoms with Crippen LogP contribution in [0.25, 0.3) is 0 Å². The second-order valence-corrected chi connectivity index (χ2v) is 4.89. The molecule has 2 rings (SSSR count). The molecule has 0 aliphatic carbocycles. The van der Waals surface area contributed by atoms with Gasteiger partial charge in [0.1, 0.15) is 11.6 Å². The predicted molar refractivity (Wildman–Crippen MR) is 70.0 cm³/mol. The van der Waals surface area contributed by atoms with Crippen molar-refractivity contribution < 1.29 is 22.7 Å². The van der Waals surface area contributed by atoms with Crippen molar-refractivity contribution in [2.24, 2.45) is 0 Å². The molecule has 1 fully saturated rings. The van der Waals surface area contributed by atoms with Gasteiger partial charge >= 0.3 is 6.36 Å². The van der Waals surface area contributed by atoms with Gasteiger partial charge in [-0.2, -0.15) is 0 Å². The number of hydrogen-bond acceptors (Lipinski definition) is 4. The Hall–Kier alpha value is -1.99. The van der Waals surface area contributed by atoms with E-state index in [1.807, 2.05) is 4.90 Å². The standard InChI is InChI=1S/C13H16F3N3O2/c1-9(20)18-10-3-2-6-19(8-10)12-5-4-11(7-17-12)21-13(14,15)16/h4-5,7,10H,2-3,6,8H2,1H3,(H,18,20). The van der Waals surface area contributed by atoms with E-state index in [4.69, 9.17) is 0 Å². The molecule has 1 saturated heterocycles. The molecule has 1 aromatic rings. The van der Waals surface area contributed by atoms with Crippen molar-refractivity contribution in [2.45, 2.75) is 32.2 Å². The van der Waals surface area contributed by atoms with Crippen LogP contribution in [-0.4, -0.2) is 36.4 Å². The molecular weight excluding hydrogens is 287 g/mol. The highest BCUT2D eigenvalue weighted by Gasteiger charge is 2.31. The van der Waals surface area contributed by atoms with Crippen molar-refractivity contribution in [1.82, 2.24) is 10.3 Å². The van der Waals surface area contributed by atoms with Crippen LogP contribution in [0.2, 0.25) is 0 Å². The Morgan fingerprint density at radius 3 is 2.81 bits per heavy atom. The second-order valence-electron chi connectivity index (χ2n) is 4.89. The minimum Gasteiger partial charge on any atom is -0.404 e. The van der Waals surface area contributed by atoms with Crippen LogP contribution in [0, 0.1) is 0 Å².